The van der Waals surface area contributed by atoms with Gasteiger partial charge in [0.2, 0.25) is 0 Å². The number of aromatic nitrogens is 1. The van der Waals surface area contributed by atoms with E-state index in [9.17, 15) is 22.4 Å². The molecule has 0 saturated heterocycles. The van der Waals surface area contributed by atoms with Gasteiger partial charge in [-0.1, -0.05) is 23.5 Å². The van der Waals surface area contributed by atoms with E-state index in [1.165, 1.54) is 41.3 Å². The van der Waals surface area contributed by atoms with Crippen LogP contribution in [0.2, 0.25) is 0 Å². The Morgan fingerprint density at radius 1 is 1.09 bits per heavy atom. The minimum Gasteiger partial charge on any atom is -0.462 e. The van der Waals surface area contributed by atoms with Crippen molar-refractivity contribution < 1.29 is 27.1 Å². The molecule has 1 heterocycles. The van der Waals surface area contributed by atoms with Gasteiger partial charge < -0.3 is 4.74 Å². The summed E-state index contributed by atoms with van der Waals surface area (Å²) in [6.07, 6.45) is 1.08. The number of aryl methyl sites for hydroxylation is 1. The third-order valence-corrected chi connectivity index (χ3v) is 6.79. The highest BCUT2D eigenvalue weighted by Crippen LogP contribution is 2.29. The highest BCUT2D eigenvalue weighted by Gasteiger charge is 2.25. The second-order valence-electron chi connectivity index (χ2n) is 6.95. The number of nitrogens with zero attached hydrogens (tertiary/aromatic N) is 2. The highest BCUT2D eigenvalue weighted by molar-refractivity contribution is 7.90. The summed E-state index contributed by atoms with van der Waals surface area (Å²) in [4.78, 5) is 31.7. The van der Waals surface area contributed by atoms with E-state index in [4.69, 9.17) is 4.74 Å². The van der Waals surface area contributed by atoms with Crippen LogP contribution in [0.4, 0.5) is 9.52 Å². The lowest BCUT2D eigenvalue weighted by molar-refractivity contribution is 0.0531. The van der Waals surface area contributed by atoms with E-state index in [2.05, 4.69) is 4.98 Å². The fourth-order valence-electron chi connectivity index (χ4n) is 2.88. The number of rotatable bonds is 7. The summed E-state index contributed by atoms with van der Waals surface area (Å²) in [6, 6.07) is 11.2. The maximum atomic E-state index is 13.3. The van der Waals surface area contributed by atoms with E-state index in [1.54, 1.807) is 26.0 Å². The molecule has 0 atom stereocenters. The Morgan fingerprint density at radius 3 is 2.28 bits per heavy atom. The summed E-state index contributed by atoms with van der Waals surface area (Å²) in [7, 11) is -3.41. The van der Waals surface area contributed by atoms with Gasteiger partial charge in [0.15, 0.2) is 15.0 Å². The van der Waals surface area contributed by atoms with Crippen molar-refractivity contribution >= 4 is 38.2 Å². The topological polar surface area (TPSA) is 93.6 Å². The van der Waals surface area contributed by atoms with Gasteiger partial charge in [-0.25, -0.2) is 22.6 Å². The minimum absolute atomic E-state index is 0.0716. The van der Waals surface area contributed by atoms with Crippen molar-refractivity contribution in [3.8, 4) is 0 Å². The molecule has 1 aromatic heterocycles. The largest absolute Gasteiger partial charge is 0.462 e. The first kappa shape index (κ1) is 23.6. The molecule has 32 heavy (non-hydrogen) atoms. The van der Waals surface area contributed by atoms with E-state index < -0.39 is 27.5 Å². The summed E-state index contributed by atoms with van der Waals surface area (Å²) >= 11 is 1.02. The lowest BCUT2D eigenvalue weighted by atomic mass is 10.1. The molecular weight excluding hydrogens is 455 g/mol. The first-order chi connectivity index (χ1) is 15.1. The summed E-state index contributed by atoms with van der Waals surface area (Å²) < 4.78 is 41.8. The zero-order valence-corrected chi connectivity index (χ0v) is 19.3. The fraction of sp³-hybridized carbons (Fsp3) is 0.227. The SMILES string of the molecule is CCOC(=O)c1sc(N(Cc2ccc(F)cc2)C(=O)c2ccc(S(C)(=O)=O)cc2)nc1C. The van der Waals surface area contributed by atoms with Crippen molar-refractivity contribution in [2.75, 3.05) is 17.8 Å². The molecule has 0 N–H and O–H groups in total. The van der Waals surface area contributed by atoms with Crippen molar-refractivity contribution in [1.29, 1.82) is 0 Å². The van der Waals surface area contributed by atoms with Crippen molar-refractivity contribution in [2.45, 2.75) is 25.3 Å². The number of ether oxygens (including phenoxy) is 1. The molecule has 0 radical (unpaired) electrons. The van der Waals surface area contributed by atoms with Gasteiger partial charge in [0.05, 0.1) is 23.7 Å². The average molecular weight is 477 g/mol. The molecule has 0 saturated carbocycles. The van der Waals surface area contributed by atoms with E-state index in [0.717, 1.165) is 17.6 Å². The number of benzene rings is 2. The van der Waals surface area contributed by atoms with Crippen LogP contribution in [-0.2, 0) is 21.1 Å². The molecule has 0 aliphatic heterocycles. The Morgan fingerprint density at radius 2 is 1.72 bits per heavy atom. The van der Waals surface area contributed by atoms with Crippen LogP contribution >= 0.6 is 11.3 Å². The summed E-state index contributed by atoms with van der Waals surface area (Å²) in [5.41, 5.74) is 1.32. The number of amides is 1. The molecule has 0 aliphatic rings. The molecule has 0 aliphatic carbocycles. The van der Waals surface area contributed by atoms with Gasteiger partial charge in [-0.05, 0) is 55.8 Å². The summed E-state index contributed by atoms with van der Waals surface area (Å²) in [5, 5.41) is 0.270. The van der Waals surface area contributed by atoms with Crippen molar-refractivity contribution in [1.82, 2.24) is 4.98 Å². The van der Waals surface area contributed by atoms with Crippen molar-refractivity contribution in [3.63, 3.8) is 0 Å². The number of hydrogen-bond donors (Lipinski definition) is 0. The molecule has 1 amide bonds. The Bertz CT molecular complexity index is 1240. The predicted molar refractivity (Wildman–Crippen MR) is 119 cm³/mol. The van der Waals surface area contributed by atoms with Gasteiger partial charge in [-0.2, -0.15) is 0 Å². The van der Waals surface area contributed by atoms with Crippen LogP contribution < -0.4 is 4.90 Å². The zero-order valence-electron chi connectivity index (χ0n) is 17.7. The number of hydrogen-bond acceptors (Lipinski definition) is 7. The summed E-state index contributed by atoms with van der Waals surface area (Å²) in [5.74, 6) is -1.38. The number of halogens is 1. The maximum Gasteiger partial charge on any atom is 0.350 e. The van der Waals surface area contributed by atoms with Gasteiger partial charge in [0.1, 0.15) is 10.7 Å². The third-order valence-electron chi connectivity index (χ3n) is 4.51. The summed E-state index contributed by atoms with van der Waals surface area (Å²) in [6.45, 7) is 3.62. The Hall–Kier alpha value is -3.11. The molecular formula is C22H21FN2O5S2. The predicted octanol–water partition coefficient (Wildman–Crippen LogP) is 4.02. The second kappa shape index (κ2) is 9.58. The first-order valence-corrected chi connectivity index (χ1v) is 12.3. The minimum atomic E-state index is -3.41. The van der Waals surface area contributed by atoms with Crippen LogP contribution in [0.5, 0.6) is 0 Å². The highest BCUT2D eigenvalue weighted by atomic mass is 32.2. The zero-order chi connectivity index (χ0) is 23.5. The Kier molecular flexibility index (Phi) is 7.05. The van der Waals surface area contributed by atoms with Gasteiger partial charge >= 0.3 is 5.97 Å². The monoisotopic (exact) mass is 476 g/mol. The standard InChI is InChI=1S/C22H21FN2O5S2/c1-4-30-21(27)19-14(2)24-22(31-19)25(13-15-5-9-17(23)10-6-15)20(26)16-7-11-18(12-8-16)32(3,28)29/h5-12H,4,13H2,1-3H3. The van der Waals surface area contributed by atoms with Crippen LogP contribution in [0.3, 0.4) is 0 Å². The fourth-order valence-corrected chi connectivity index (χ4v) is 4.47. The smallest absolute Gasteiger partial charge is 0.350 e. The Labute approximate surface area is 189 Å². The number of sulfone groups is 1. The lowest BCUT2D eigenvalue weighted by Crippen LogP contribution is -2.30. The molecule has 7 nitrogen and oxygen atoms in total. The molecule has 10 heteroatoms. The van der Waals surface area contributed by atoms with Crippen LogP contribution in [-0.4, -0.2) is 38.1 Å². The molecule has 0 fully saturated rings. The number of thiazole rings is 1. The van der Waals surface area contributed by atoms with Crippen molar-refractivity contribution in [3.05, 3.63) is 76.0 Å². The molecule has 0 unspecified atom stereocenters. The van der Waals surface area contributed by atoms with Crippen molar-refractivity contribution in [2.24, 2.45) is 0 Å². The van der Waals surface area contributed by atoms with E-state index >= 15 is 0 Å². The number of carbonyl (C=O) groups is 2. The van der Waals surface area contributed by atoms with E-state index in [-0.39, 0.29) is 33.6 Å². The Balaban J connectivity index is 2.00. The number of esters is 1. The molecule has 0 bridgehead atoms. The van der Waals surface area contributed by atoms with Gasteiger partial charge in [0, 0.05) is 11.8 Å². The third kappa shape index (κ3) is 5.38. The number of carbonyl (C=O) groups excluding carboxylic acids is 2. The molecule has 2 aromatic carbocycles. The van der Waals surface area contributed by atoms with Gasteiger partial charge in [-0.15, -0.1) is 0 Å². The van der Waals surface area contributed by atoms with Crippen LogP contribution in [0.25, 0.3) is 0 Å². The molecule has 0 spiro atoms. The molecule has 168 valence electrons. The quantitative estimate of drug-likeness (QED) is 0.478. The van der Waals surface area contributed by atoms with Gasteiger partial charge in [0.25, 0.3) is 5.91 Å². The number of anilines is 1. The first-order valence-electron chi connectivity index (χ1n) is 9.61. The molecule has 3 rings (SSSR count). The normalized spacial score (nSPS) is 11.2. The van der Waals surface area contributed by atoms with Gasteiger partial charge in [-0.3, -0.25) is 9.69 Å². The second-order valence-corrected chi connectivity index (χ2v) is 9.94. The van der Waals surface area contributed by atoms with Crippen LogP contribution in [0.1, 0.15) is 38.2 Å². The van der Waals surface area contributed by atoms with E-state index in [1.807, 2.05) is 0 Å². The van der Waals surface area contributed by atoms with E-state index in [0.29, 0.717) is 11.3 Å². The average Bonchev–Trinajstić information content (AvgIpc) is 3.14. The molecule has 3 aromatic rings. The van der Waals surface area contributed by atoms with Crippen LogP contribution in [0, 0.1) is 12.7 Å². The lowest BCUT2D eigenvalue weighted by Gasteiger charge is -2.20. The van der Waals surface area contributed by atoms with Crippen LogP contribution in [0.15, 0.2) is 53.4 Å². The maximum absolute atomic E-state index is 13.3.